The van der Waals surface area contributed by atoms with Gasteiger partial charge in [0.05, 0.1) is 0 Å². The van der Waals surface area contributed by atoms with Gasteiger partial charge in [0.25, 0.3) is 0 Å². The van der Waals surface area contributed by atoms with Crippen LogP contribution in [0, 0.1) is 25.7 Å². The third kappa shape index (κ3) is 6.64. The van der Waals surface area contributed by atoms with E-state index >= 15 is 0 Å². The van der Waals surface area contributed by atoms with Gasteiger partial charge in [-0.3, -0.25) is 9.59 Å². The first-order valence-electron chi connectivity index (χ1n) is 12.7. The summed E-state index contributed by atoms with van der Waals surface area (Å²) in [6, 6.07) is 20.7. The molecule has 1 aliphatic rings. The number of ketones is 2. The third-order valence-electron chi connectivity index (χ3n) is 6.80. The summed E-state index contributed by atoms with van der Waals surface area (Å²) in [5.41, 5.74) is 3.59. The minimum Gasteiger partial charge on any atom is -0.485 e. The molecule has 0 aromatic heterocycles. The minimum absolute atomic E-state index is 0.0340. The molecular weight excluding hydrogens is 498 g/mol. The van der Waals surface area contributed by atoms with Gasteiger partial charge in [0.1, 0.15) is 18.1 Å². The average Bonchev–Trinajstić information content (AvgIpc) is 3.32. The number of carbonyl (C=O) groups excluding carboxylic acids is 3. The van der Waals surface area contributed by atoms with Crippen LogP contribution in [0.25, 0.3) is 0 Å². The fraction of sp³-hybridized carbons (Fsp3) is 0.323. The highest BCUT2D eigenvalue weighted by molar-refractivity contribution is 7.98. The van der Waals surface area contributed by atoms with Crippen molar-refractivity contribution in [2.45, 2.75) is 32.1 Å². The number of Topliss-reactive ketones (excluding diaryl/α,β-unsaturated/α-hetero) is 2. The van der Waals surface area contributed by atoms with Crippen molar-refractivity contribution >= 4 is 29.4 Å². The van der Waals surface area contributed by atoms with E-state index in [1.807, 2.05) is 74.7 Å². The Kier molecular flexibility index (Phi) is 8.89. The molecule has 0 N–H and O–H groups in total. The largest absolute Gasteiger partial charge is 0.485 e. The van der Waals surface area contributed by atoms with Gasteiger partial charge in [0.15, 0.2) is 11.6 Å². The van der Waals surface area contributed by atoms with Crippen molar-refractivity contribution < 1.29 is 23.9 Å². The molecule has 0 spiro atoms. The van der Waals surface area contributed by atoms with Crippen LogP contribution in [-0.2, 0) is 11.2 Å². The summed E-state index contributed by atoms with van der Waals surface area (Å²) in [7, 11) is 0. The molecule has 1 heterocycles. The molecule has 6 nitrogen and oxygen atoms in total. The highest BCUT2D eigenvalue weighted by atomic mass is 32.2. The van der Waals surface area contributed by atoms with Gasteiger partial charge in [-0.2, -0.15) is 0 Å². The van der Waals surface area contributed by atoms with Crippen LogP contribution >= 0.6 is 11.8 Å². The summed E-state index contributed by atoms with van der Waals surface area (Å²) in [5, 5.41) is 0. The van der Waals surface area contributed by atoms with E-state index in [0.717, 1.165) is 21.6 Å². The Labute approximate surface area is 228 Å². The number of aryl methyl sites for hydroxylation is 2. The molecule has 0 aliphatic carbocycles. The number of amides is 1. The van der Waals surface area contributed by atoms with Crippen LogP contribution in [0.15, 0.2) is 71.6 Å². The summed E-state index contributed by atoms with van der Waals surface area (Å²) >= 11 is 1.63. The molecule has 0 unspecified atom stereocenters. The van der Waals surface area contributed by atoms with Gasteiger partial charge in [-0.25, -0.2) is 4.79 Å². The van der Waals surface area contributed by atoms with Crippen molar-refractivity contribution in [2.24, 2.45) is 11.8 Å². The monoisotopic (exact) mass is 531 g/mol. The summed E-state index contributed by atoms with van der Waals surface area (Å²) < 4.78 is 11.3. The molecule has 1 amide bonds. The van der Waals surface area contributed by atoms with Crippen LogP contribution < -0.4 is 9.47 Å². The zero-order valence-electron chi connectivity index (χ0n) is 22.2. The second-order valence-corrected chi connectivity index (χ2v) is 10.7. The molecule has 38 heavy (non-hydrogen) atoms. The molecule has 2 atom stereocenters. The average molecular weight is 532 g/mol. The van der Waals surface area contributed by atoms with Gasteiger partial charge in [-0.05, 0) is 80.3 Å². The van der Waals surface area contributed by atoms with Crippen LogP contribution in [-0.4, -0.2) is 48.5 Å². The summed E-state index contributed by atoms with van der Waals surface area (Å²) in [5.74, 6) is 0.760. The third-order valence-corrected chi connectivity index (χ3v) is 7.54. The predicted molar refractivity (Wildman–Crippen MR) is 149 cm³/mol. The smallest absolute Gasteiger partial charge is 0.415 e. The molecule has 3 aromatic carbocycles. The first kappa shape index (κ1) is 27.5. The summed E-state index contributed by atoms with van der Waals surface area (Å²) in [6.07, 6.45) is 2.18. The zero-order valence-corrected chi connectivity index (χ0v) is 23.0. The minimum atomic E-state index is -0.449. The lowest BCUT2D eigenvalue weighted by Gasteiger charge is -2.19. The fourth-order valence-electron chi connectivity index (χ4n) is 5.01. The van der Waals surface area contributed by atoms with E-state index in [0.29, 0.717) is 36.6 Å². The van der Waals surface area contributed by atoms with E-state index in [-0.39, 0.29) is 30.0 Å². The summed E-state index contributed by atoms with van der Waals surface area (Å²) in [4.78, 5) is 40.8. The van der Waals surface area contributed by atoms with E-state index < -0.39 is 6.09 Å². The molecule has 1 fully saturated rings. The Morgan fingerprint density at radius 3 is 2.21 bits per heavy atom. The number of ether oxygens (including phenoxy) is 2. The van der Waals surface area contributed by atoms with Gasteiger partial charge < -0.3 is 14.4 Å². The fourth-order valence-corrected chi connectivity index (χ4v) is 5.42. The van der Waals surface area contributed by atoms with Gasteiger partial charge in [0, 0.05) is 29.5 Å². The van der Waals surface area contributed by atoms with Crippen LogP contribution in [0.2, 0.25) is 0 Å². The standard InChI is InChI=1S/C31H33NO5S/c1-20-14-23(15-21(2)30(20)36-19-22(3)33)16-25-17-32(31(35)37-26-8-6-5-7-9-26)18-28(25)29(34)24-10-12-27(38-4)13-11-24/h5-15,25,28H,16-19H2,1-4H3/t25-,28-/m0/s1. The first-order chi connectivity index (χ1) is 18.2. The summed E-state index contributed by atoms with van der Waals surface area (Å²) in [6.45, 7) is 6.18. The Morgan fingerprint density at radius 1 is 0.947 bits per heavy atom. The number of hydrogen-bond donors (Lipinski definition) is 0. The molecule has 0 radical (unpaired) electrons. The second kappa shape index (κ2) is 12.3. The van der Waals surface area contributed by atoms with Crippen molar-refractivity contribution in [1.82, 2.24) is 4.90 Å². The molecule has 4 rings (SSSR count). The van der Waals surface area contributed by atoms with Crippen molar-refractivity contribution in [3.63, 3.8) is 0 Å². The molecule has 0 saturated carbocycles. The molecule has 1 saturated heterocycles. The number of likely N-dealkylation sites (tertiary alicyclic amines) is 1. The lowest BCUT2D eigenvalue weighted by molar-refractivity contribution is -0.118. The predicted octanol–water partition coefficient (Wildman–Crippen LogP) is 6.17. The van der Waals surface area contributed by atoms with Crippen LogP contribution in [0.5, 0.6) is 11.5 Å². The quantitative estimate of drug-likeness (QED) is 0.243. The Bertz CT molecular complexity index is 1280. The SMILES string of the molecule is CSc1ccc(C(=O)[C@H]2CN(C(=O)Oc3ccccc3)C[C@@H]2Cc2cc(C)c(OCC(C)=O)c(C)c2)cc1. The molecular formula is C31H33NO5S. The van der Waals surface area contributed by atoms with Crippen molar-refractivity contribution in [2.75, 3.05) is 26.0 Å². The van der Waals surface area contributed by atoms with Crippen molar-refractivity contribution in [3.05, 3.63) is 89.0 Å². The van der Waals surface area contributed by atoms with E-state index in [4.69, 9.17) is 9.47 Å². The van der Waals surface area contributed by atoms with Crippen LogP contribution in [0.4, 0.5) is 4.79 Å². The maximum absolute atomic E-state index is 13.7. The molecule has 198 valence electrons. The van der Waals surface area contributed by atoms with E-state index in [1.54, 1.807) is 28.8 Å². The highest BCUT2D eigenvalue weighted by Crippen LogP contribution is 2.33. The van der Waals surface area contributed by atoms with E-state index in [1.165, 1.54) is 6.92 Å². The normalized spacial score (nSPS) is 16.8. The second-order valence-electron chi connectivity index (χ2n) is 9.80. The van der Waals surface area contributed by atoms with Crippen LogP contribution in [0.1, 0.15) is 34.0 Å². The Balaban J connectivity index is 1.57. The number of nitrogens with zero attached hydrogens (tertiary/aromatic N) is 1. The number of carbonyl (C=O) groups is 3. The Hall–Kier alpha value is -3.58. The highest BCUT2D eigenvalue weighted by Gasteiger charge is 2.40. The number of hydrogen-bond acceptors (Lipinski definition) is 6. The molecule has 7 heteroatoms. The van der Waals surface area contributed by atoms with Gasteiger partial charge >= 0.3 is 6.09 Å². The lowest BCUT2D eigenvalue weighted by atomic mass is 9.84. The van der Waals surface area contributed by atoms with E-state index in [9.17, 15) is 14.4 Å². The van der Waals surface area contributed by atoms with E-state index in [2.05, 4.69) is 0 Å². The number of benzene rings is 3. The molecule has 3 aromatic rings. The number of rotatable bonds is 9. The van der Waals surface area contributed by atoms with Crippen LogP contribution in [0.3, 0.4) is 0 Å². The lowest BCUT2D eigenvalue weighted by Crippen LogP contribution is -2.32. The maximum atomic E-state index is 13.7. The van der Waals surface area contributed by atoms with Crippen molar-refractivity contribution in [3.8, 4) is 11.5 Å². The first-order valence-corrected chi connectivity index (χ1v) is 13.9. The zero-order chi connectivity index (χ0) is 27.2. The number of para-hydroxylation sites is 1. The molecule has 1 aliphatic heterocycles. The maximum Gasteiger partial charge on any atom is 0.415 e. The van der Waals surface area contributed by atoms with Gasteiger partial charge in [0.2, 0.25) is 0 Å². The Morgan fingerprint density at radius 2 is 1.61 bits per heavy atom. The van der Waals surface area contributed by atoms with Gasteiger partial charge in [-0.1, -0.05) is 42.5 Å². The van der Waals surface area contributed by atoms with Gasteiger partial charge in [-0.15, -0.1) is 11.8 Å². The van der Waals surface area contributed by atoms with Crippen molar-refractivity contribution in [1.29, 1.82) is 0 Å². The molecule has 0 bridgehead atoms. The number of thioether (sulfide) groups is 1. The topological polar surface area (TPSA) is 72.9 Å².